The largest absolute Gasteiger partial charge is 0.462 e. The number of allylic oxidation sites excluding steroid dienone is 18. The van der Waals surface area contributed by atoms with Crippen molar-refractivity contribution in [3.63, 3.8) is 0 Å². The summed E-state index contributed by atoms with van der Waals surface area (Å²) in [6.07, 6.45) is 85.3. The molecule has 0 aromatic rings. The summed E-state index contributed by atoms with van der Waals surface area (Å²) in [5, 5.41) is 0. The molecule has 0 saturated heterocycles. The van der Waals surface area contributed by atoms with Crippen LogP contribution in [0.15, 0.2) is 109 Å². The highest BCUT2D eigenvalue weighted by atomic mass is 16.6. The highest BCUT2D eigenvalue weighted by Crippen LogP contribution is 2.15. The smallest absolute Gasteiger partial charge is 0.306 e. The van der Waals surface area contributed by atoms with Crippen LogP contribution < -0.4 is 0 Å². The maximum absolute atomic E-state index is 12.8. The zero-order chi connectivity index (χ0) is 54.3. The van der Waals surface area contributed by atoms with E-state index in [2.05, 4.69) is 130 Å². The first kappa shape index (κ1) is 71.1. The van der Waals surface area contributed by atoms with Crippen molar-refractivity contribution in [3.8, 4) is 0 Å². The molecule has 0 bridgehead atoms. The van der Waals surface area contributed by atoms with Gasteiger partial charge in [0.05, 0.1) is 0 Å². The lowest BCUT2D eigenvalue weighted by atomic mass is 10.1. The second kappa shape index (κ2) is 62.6. The number of unbranched alkanes of at least 4 members (excludes halogenated alkanes) is 27. The van der Waals surface area contributed by atoms with E-state index in [9.17, 15) is 14.4 Å². The van der Waals surface area contributed by atoms with Gasteiger partial charge in [0.25, 0.3) is 0 Å². The van der Waals surface area contributed by atoms with E-state index in [0.717, 1.165) is 122 Å². The summed E-state index contributed by atoms with van der Waals surface area (Å²) in [6.45, 7) is 6.48. The molecule has 1 atom stereocenters. The molecule has 0 rings (SSSR count). The predicted octanol–water partition coefficient (Wildman–Crippen LogP) is 21.4. The summed E-state index contributed by atoms with van der Waals surface area (Å²) in [5.74, 6) is -0.896. The van der Waals surface area contributed by atoms with E-state index in [1.807, 2.05) is 0 Å². The average Bonchev–Trinajstić information content (AvgIpc) is 3.41. The molecule has 0 aromatic heterocycles. The molecule has 0 radical (unpaired) electrons. The van der Waals surface area contributed by atoms with Crippen LogP contribution in [0.1, 0.15) is 290 Å². The molecular weight excluding hydrogens is 925 g/mol. The standard InChI is InChI=1S/C69H116O6/c1-4-7-10-13-16-19-21-23-25-27-29-30-31-32-33-34-35-36-37-38-39-40-41-43-44-46-48-50-53-56-59-62-68(71)74-65-66(64-73-67(70)61-58-55-52-18-15-12-9-6-3)75-69(72)63-60-57-54-51-49-47-45-42-28-26-24-22-20-17-14-11-8-5-2/h7,10,16,19-20,22-23,25-26,28-30,32-33,35-36,38-39,66H,4-6,8-9,11-15,17-18,21,24,27,31,34,37,40-65H2,1-3H3/b10-7-,19-16-,22-20-,25-23-,28-26-,30-29-,33-32-,36-35-,39-38-. The number of carbonyl (C=O) groups excluding carboxylic acids is 3. The van der Waals surface area contributed by atoms with Crippen LogP contribution in [-0.2, 0) is 28.6 Å². The van der Waals surface area contributed by atoms with E-state index in [0.29, 0.717) is 19.3 Å². The molecule has 6 nitrogen and oxygen atoms in total. The Balaban J connectivity index is 4.19. The van der Waals surface area contributed by atoms with Gasteiger partial charge in [0, 0.05) is 19.3 Å². The summed E-state index contributed by atoms with van der Waals surface area (Å²) in [5.41, 5.74) is 0. The van der Waals surface area contributed by atoms with E-state index >= 15 is 0 Å². The SMILES string of the molecule is CC/C=C\C/C=C\C/C=C\C/C=C\C/C=C\C/C=C\C/C=C\CCCCCCCCCCCC(=O)OCC(COC(=O)CCCCCCCCCC)OC(=O)CCCCCCCCC/C=C\C/C=C\CCCCCC. The predicted molar refractivity (Wildman–Crippen MR) is 325 cm³/mol. The summed E-state index contributed by atoms with van der Waals surface area (Å²) >= 11 is 0. The van der Waals surface area contributed by atoms with Crippen molar-refractivity contribution in [1.29, 1.82) is 0 Å². The van der Waals surface area contributed by atoms with Crippen LogP contribution in [0.25, 0.3) is 0 Å². The third-order valence-electron chi connectivity index (χ3n) is 13.3. The Kier molecular flexibility index (Phi) is 59.3. The minimum absolute atomic E-state index is 0.0817. The van der Waals surface area contributed by atoms with Crippen LogP contribution >= 0.6 is 0 Å². The lowest BCUT2D eigenvalue weighted by molar-refractivity contribution is -0.167. The molecule has 1 unspecified atom stereocenters. The number of carbonyl (C=O) groups is 3. The highest BCUT2D eigenvalue weighted by Gasteiger charge is 2.19. The Labute approximate surface area is 463 Å². The van der Waals surface area contributed by atoms with Gasteiger partial charge in [-0.1, -0.05) is 271 Å². The first-order valence-corrected chi connectivity index (χ1v) is 31.4. The molecule has 0 heterocycles. The third-order valence-corrected chi connectivity index (χ3v) is 13.3. The van der Waals surface area contributed by atoms with Gasteiger partial charge in [-0.2, -0.15) is 0 Å². The fourth-order valence-corrected chi connectivity index (χ4v) is 8.57. The molecule has 0 spiro atoms. The number of rotatable bonds is 56. The second-order valence-electron chi connectivity index (χ2n) is 20.6. The fourth-order valence-electron chi connectivity index (χ4n) is 8.57. The van der Waals surface area contributed by atoms with Gasteiger partial charge in [-0.25, -0.2) is 0 Å². The van der Waals surface area contributed by atoms with Gasteiger partial charge in [-0.05, 0) is 109 Å². The normalized spacial score (nSPS) is 12.8. The Bertz CT molecular complexity index is 1520. The first-order valence-electron chi connectivity index (χ1n) is 31.4. The van der Waals surface area contributed by atoms with Crippen molar-refractivity contribution < 1.29 is 28.6 Å². The van der Waals surface area contributed by atoms with Crippen molar-refractivity contribution in [3.05, 3.63) is 109 Å². The topological polar surface area (TPSA) is 78.9 Å². The molecule has 0 amide bonds. The Morgan fingerprint density at radius 1 is 0.280 bits per heavy atom. The van der Waals surface area contributed by atoms with Crippen LogP contribution in [0, 0.1) is 0 Å². The molecule has 0 aliphatic carbocycles. The van der Waals surface area contributed by atoms with Gasteiger partial charge in [0.2, 0.25) is 0 Å². The lowest BCUT2D eigenvalue weighted by Crippen LogP contribution is -2.30. The van der Waals surface area contributed by atoms with E-state index in [-0.39, 0.29) is 31.1 Å². The molecule has 75 heavy (non-hydrogen) atoms. The minimum atomic E-state index is -0.783. The van der Waals surface area contributed by atoms with Crippen molar-refractivity contribution in [2.75, 3.05) is 13.2 Å². The van der Waals surface area contributed by atoms with Crippen LogP contribution in [0.5, 0.6) is 0 Å². The number of ether oxygens (including phenoxy) is 3. The summed E-state index contributed by atoms with van der Waals surface area (Å²) in [4.78, 5) is 38.1. The summed E-state index contributed by atoms with van der Waals surface area (Å²) in [6, 6.07) is 0. The Morgan fingerprint density at radius 2 is 0.520 bits per heavy atom. The van der Waals surface area contributed by atoms with E-state index in [1.165, 1.54) is 128 Å². The molecule has 0 fully saturated rings. The molecule has 6 heteroatoms. The number of esters is 3. The maximum atomic E-state index is 12.8. The van der Waals surface area contributed by atoms with Crippen LogP contribution in [0.4, 0.5) is 0 Å². The monoisotopic (exact) mass is 1040 g/mol. The van der Waals surface area contributed by atoms with Crippen LogP contribution in [0.2, 0.25) is 0 Å². The lowest BCUT2D eigenvalue weighted by Gasteiger charge is -2.18. The van der Waals surface area contributed by atoms with E-state index < -0.39 is 6.10 Å². The van der Waals surface area contributed by atoms with Crippen molar-refractivity contribution >= 4 is 17.9 Å². The van der Waals surface area contributed by atoms with Gasteiger partial charge in [-0.15, -0.1) is 0 Å². The zero-order valence-corrected chi connectivity index (χ0v) is 49.0. The Hall–Kier alpha value is -3.93. The molecule has 0 aliphatic rings. The third kappa shape index (κ3) is 60.8. The van der Waals surface area contributed by atoms with Crippen LogP contribution in [-0.4, -0.2) is 37.2 Å². The van der Waals surface area contributed by atoms with Gasteiger partial charge < -0.3 is 14.2 Å². The van der Waals surface area contributed by atoms with Crippen LogP contribution in [0.3, 0.4) is 0 Å². The molecule has 0 saturated carbocycles. The number of hydrogen-bond acceptors (Lipinski definition) is 6. The van der Waals surface area contributed by atoms with Gasteiger partial charge in [0.15, 0.2) is 6.10 Å². The molecule has 0 aliphatic heterocycles. The minimum Gasteiger partial charge on any atom is -0.462 e. The quantitative estimate of drug-likeness (QED) is 0.0261. The molecular formula is C69H116O6. The molecule has 0 N–H and O–H groups in total. The molecule has 0 aromatic carbocycles. The number of hydrogen-bond donors (Lipinski definition) is 0. The van der Waals surface area contributed by atoms with E-state index in [4.69, 9.17) is 14.2 Å². The van der Waals surface area contributed by atoms with Crippen molar-refractivity contribution in [1.82, 2.24) is 0 Å². The second-order valence-corrected chi connectivity index (χ2v) is 20.6. The van der Waals surface area contributed by atoms with Gasteiger partial charge in [0.1, 0.15) is 13.2 Å². The summed E-state index contributed by atoms with van der Waals surface area (Å²) in [7, 11) is 0. The van der Waals surface area contributed by atoms with Crippen molar-refractivity contribution in [2.24, 2.45) is 0 Å². The fraction of sp³-hybridized carbons (Fsp3) is 0.696. The molecule has 428 valence electrons. The first-order chi connectivity index (χ1) is 37.0. The Morgan fingerprint density at radius 3 is 0.827 bits per heavy atom. The van der Waals surface area contributed by atoms with Gasteiger partial charge >= 0.3 is 17.9 Å². The van der Waals surface area contributed by atoms with Crippen molar-refractivity contribution in [2.45, 2.75) is 297 Å². The van der Waals surface area contributed by atoms with Gasteiger partial charge in [-0.3, -0.25) is 14.4 Å². The zero-order valence-electron chi connectivity index (χ0n) is 49.0. The average molecular weight is 1040 g/mol. The summed E-state index contributed by atoms with van der Waals surface area (Å²) < 4.78 is 16.8. The maximum Gasteiger partial charge on any atom is 0.306 e. The van der Waals surface area contributed by atoms with E-state index in [1.54, 1.807) is 0 Å². The highest BCUT2D eigenvalue weighted by molar-refractivity contribution is 5.71.